The van der Waals surface area contributed by atoms with Crippen LogP contribution in [-0.4, -0.2) is 26.3 Å². The number of hydrogen-bond acceptors (Lipinski definition) is 4. The molecule has 76 valence electrons. The van der Waals surface area contributed by atoms with Gasteiger partial charge in [-0.3, -0.25) is 0 Å². The molecule has 1 aromatic rings. The molecule has 4 nitrogen and oxygen atoms in total. The Kier molecular flexibility index (Phi) is 3.79. The van der Waals surface area contributed by atoms with E-state index in [4.69, 9.17) is 14.2 Å². The molecule has 0 bridgehead atoms. The van der Waals surface area contributed by atoms with Gasteiger partial charge in [-0.25, -0.2) is 4.98 Å². The Balaban J connectivity index is 3.12. The lowest BCUT2D eigenvalue weighted by molar-refractivity contribution is 0.340. The van der Waals surface area contributed by atoms with Crippen molar-refractivity contribution in [1.29, 1.82) is 0 Å². The molecule has 0 spiro atoms. The first-order valence-electron chi connectivity index (χ1n) is 4.09. The van der Waals surface area contributed by atoms with Crippen LogP contribution in [0.5, 0.6) is 11.6 Å². The highest BCUT2D eigenvalue weighted by atomic mass is 16.5. The molecule has 0 aliphatic heterocycles. The Morgan fingerprint density at radius 2 is 2.00 bits per heavy atom. The molecule has 0 aliphatic rings. The molecule has 0 amide bonds. The standard InChI is InChI=1S/C10H13NO3/c1-12-7-5-8-9(13-2)4-6-11-10(8)14-3/h4-7H,1-3H3. The fourth-order valence-corrected chi connectivity index (χ4v) is 1.07. The van der Waals surface area contributed by atoms with Gasteiger partial charge in [-0.05, 0) is 12.1 Å². The van der Waals surface area contributed by atoms with Crippen molar-refractivity contribution in [2.45, 2.75) is 0 Å². The summed E-state index contributed by atoms with van der Waals surface area (Å²) in [4.78, 5) is 4.05. The largest absolute Gasteiger partial charge is 0.504 e. The van der Waals surface area contributed by atoms with Crippen LogP contribution in [0.3, 0.4) is 0 Å². The van der Waals surface area contributed by atoms with Gasteiger partial charge in [0.25, 0.3) is 0 Å². The Morgan fingerprint density at radius 1 is 1.21 bits per heavy atom. The first-order chi connectivity index (χ1) is 6.83. The van der Waals surface area contributed by atoms with Crippen molar-refractivity contribution >= 4 is 6.08 Å². The molecule has 0 aliphatic carbocycles. The highest BCUT2D eigenvalue weighted by Gasteiger charge is 2.07. The van der Waals surface area contributed by atoms with Crippen molar-refractivity contribution in [1.82, 2.24) is 4.98 Å². The van der Waals surface area contributed by atoms with Crippen molar-refractivity contribution in [3.8, 4) is 11.6 Å². The van der Waals surface area contributed by atoms with E-state index in [1.807, 2.05) is 0 Å². The summed E-state index contributed by atoms with van der Waals surface area (Å²) in [6, 6.07) is 1.76. The third-order valence-corrected chi connectivity index (χ3v) is 1.70. The van der Waals surface area contributed by atoms with Crippen LogP contribution < -0.4 is 9.47 Å². The SMILES string of the molecule is COC=Cc1c(OC)ccnc1OC. The summed E-state index contributed by atoms with van der Waals surface area (Å²) in [5.41, 5.74) is 0.763. The van der Waals surface area contributed by atoms with Crippen molar-refractivity contribution in [3.63, 3.8) is 0 Å². The van der Waals surface area contributed by atoms with Crippen LogP contribution in [0.4, 0.5) is 0 Å². The maximum Gasteiger partial charge on any atom is 0.224 e. The van der Waals surface area contributed by atoms with Crippen LogP contribution in [0.15, 0.2) is 18.5 Å². The number of hydrogen-bond donors (Lipinski definition) is 0. The minimum Gasteiger partial charge on any atom is -0.504 e. The number of pyridine rings is 1. The third kappa shape index (κ3) is 2.16. The third-order valence-electron chi connectivity index (χ3n) is 1.70. The summed E-state index contributed by atoms with van der Waals surface area (Å²) >= 11 is 0. The molecular formula is C10H13NO3. The summed E-state index contributed by atoms with van der Waals surface area (Å²) in [7, 11) is 4.73. The number of methoxy groups -OCH3 is 3. The molecule has 0 atom stereocenters. The average Bonchev–Trinajstić information content (AvgIpc) is 2.25. The molecule has 0 saturated heterocycles. The van der Waals surface area contributed by atoms with E-state index in [0.717, 1.165) is 5.56 Å². The molecule has 1 heterocycles. The fraction of sp³-hybridized carbons (Fsp3) is 0.300. The highest BCUT2D eigenvalue weighted by molar-refractivity contribution is 5.61. The molecule has 0 N–H and O–H groups in total. The van der Waals surface area contributed by atoms with Gasteiger partial charge in [-0.1, -0.05) is 0 Å². The van der Waals surface area contributed by atoms with E-state index in [1.165, 1.54) is 0 Å². The second-order valence-electron chi connectivity index (χ2n) is 2.47. The lowest BCUT2D eigenvalue weighted by Gasteiger charge is -2.07. The van der Waals surface area contributed by atoms with Gasteiger partial charge in [0.2, 0.25) is 5.88 Å². The zero-order chi connectivity index (χ0) is 10.4. The van der Waals surface area contributed by atoms with Crippen molar-refractivity contribution in [3.05, 3.63) is 24.1 Å². The van der Waals surface area contributed by atoms with Gasteiger partial charge in [-0.15, -0.1) is 0 Å². The van der Waals surface area contributed by atoms with E-state index in [1.54, 1.807) is 45.9 Å². The Morgan fingerprint density at radius 3 is 2.57 bits per heavy atom. The zero-order valence-corrected chi connectivity index (χ0v) is 8.48. The predicted octanol–water partition coefficient (Wildman–Crippen LogP) is 1.72. The number of aromatic nitrogens is 1. The van der Waals surface area contributed by atoms with Crippen LogP contribution in [0.25, 0.3) is 6.08 Å². The van der Waals surface area contributed by atoms with Crippen LogP contribution in [-0.2, 0) is 4.74 Å². The molecule has 14 heavy (non-hydrogen) atoms. The summed E-state index contributed by atoms with van der Waals surface area (Å²) in [6.07, 6.45) is 4.91. The molecule has 4 heteroatoms. The summed E-state index contributed by atoms with van der Waals surface area (Å²) in [5, 5.41) is 0. The van der Waals surface area contributed by atoms with E-state index in [9.17, 15) is 0 Å². The van der Waals surface area contributed by atoms with Gasteiger partial charge in [0.15, 0.2) is 0 Å². The summed E-state index contributed by atoms with van der Waals surface area (Å²) < 4.78 is 15.1. The Hall–Kier alpha value is -1.71. The highest BCUT2D eigenvalue weighted by Crippen LogP contribution is 2.26. The van der Waals surface area contributed by atoms with Crippen LogP contribution >= 0.6 is 0 Å². The molecule has 1 aromatic heterocycles. The van der Waals surface area contributed by atoms with Crippen molar-refractivity contribution in [2.75, 3.05) is 21.3 Å². The molecule has 0 unspecified atom stereocenters. The van der Waals surface area contributed by atoms with Gasteiger partial charge in [0, 0.05) is 6.20 Å². The molecule has 0 saturated carbocycles. The molecule has 1 rings (SSSR count). The van der Waals surface area contributed by atoms with Crippen molar-refractivity contribution < 1.29 is 14.2 Å². The minimum atomic E-state index is 0.512. The lowest BCUT2D eigenvalue weighted by Crippen LogP contribution is -1.94. The second-order valence-corrected chi connectivity index (χ2v) is 2.47. The van der Waals surface area contributed by atoms with Gasteiger partial charge in [-0.2, -0.15) is 0 Å². The van der Waals surface area contributed by atoms with Crippen molar-refractivity contribution in [2.24, 2.45) is 0 Å². The molecule has 0 fully saturated rings. The number of ether oxygens (including phenoxy) is 3. The summed E-state index contributed by atoms with van der Waals surface area (Å²) in [5.74, 6) is 1.21. The second kappa shape index (κ2) is 5.11. The molecule has 0 aromatic carbocycles. The van der Waals surface area contributed by atoms with E-state index in [-0.39, 0.29) is 0 Å². The maximum atomic E-state index is 5.16. The normalized spacial score (nSPS) is 10.2. The molecule has 0 radical (unpaired) electrons. The minimum absolute atomic E-state index is 0.512. The first kappa shape index (κ1) is 10.4. The van der Waals surface area contributed by atoms with Gasteiger partial charge >= 0.3 is 0 Å². The van der Waals surface area contributed by atoms with E-state index in [0.29, 0.717) is 11.6 Å². The van der Waals surface area contributed by atoms with Crippen LogP contribution in [0.1, 0.15) is 5.56 Å². The number of nitrogens with zero attached hydrogens (tertiary/aromatic N) is 1. The number of rotatable bonds is 4. The molecular weight excluding hydrogens is 182 g/mol. The fourth-order valence-electron chi connectivity index (χ4n) is 1.07. The van der Waals surface area contributed by atoms with E-state index < -0.39 is 0 Å². The lowest BCUT2D eigenvalue weighted by atomic mass is 10.2. The van der Waals surface area contributed by atoms with E-state index in [2.05, 4.69) is 4.98 Å². The Labute approximate surface area is 83.1 Å². The van der Waals surface area contributed by atoms with Crippen LogP contribution in [0, 0.1) is 0 Å². The summed E-state index contributed by atoms with van der Waals surface area (Å²) in [6.45, 7) is 0. The zero-order valence-electron chi connectivity index (χ0n) is 8.48. The first-order valence-corrected chi connectivity index (χ1v) is 4.09. The van der Waals surface area contributed by atoms with E-state index >= 15 is 0 Å². The van der Waals surface area contributed by atoms with Gasteiger partial charge in [0.1, 0.15) is 5.75 Å². The Bertz CT molecular complexity index is 301. The van der Waals surface area contributed by atoms with Crippen LogP contribution in [0.2, 0.25) is 0 Å². The van der Waals surface area contributed by atoms with Gasteiger partial charge < -0.3 is 14.2 Å². The predicted molar refractivity (Wildman–Crippen MR) is 53.4 cm³/mol. The monoisotopic (exact) mass is 195 g/mol. The van der Waals surface area contributed by atoms with Gasteiger partial charge in [0.05, 0.1) is 33.2 Å². The smallest absolute Gasteiger partial charge is 0.224 e. The quantitative estimate of drug-likeness (QED) is 0.686. The maximum absolute atomic E-state index is 5.16. The topological polar surface area (TPSA) is 40.6 Å². The average molecular weight is 195 g/mol.